The van der Waals surface area contributed by atoms with E-state index in [1.54, 1.807) is 13.1 Å². The maximum Gasteiger partial charge on any atom is 0.303 e. The van der Waals surface area contributed by atoms with E-state index in [9.17, 15) is 14.4 Å². The molecule has 0 radical (unpaired) electrons. The number of carboxylic acid groups (broad SMARTS) is 1. The van der Waals surface area contributed by atoms with Crippen LogP contribution in [0, 0.1) is 5.92 Å². The normalized spacial score (nSPS) is 11.9. The van der Waals surface area contributed by atoms with Gasteiger partial charge in [-0.05, 0) is 18.9 Å². The molecule has 1 aromatic rings. The average Bonchev–Trinajstić information content (AvgIpc) is 2.30. The molecule has 6 heteroatoms. The van der Waals surface area contributed by atoms with Crippen LogP contribution in [0.15, 0.2) is 23.1 Å². The number of rotatable bonds is 6. The van der Waals surface area contributed by atoms with Crippen LogP contribution >= 0.6 is 0 Å². The summed E-state index contributed by atoms with van der Waals surface area (Å²) in [6.45, 7) is 4.07. The molecule has 0 aliphatic carbocycles. The third-order valence-corrected chi connectivity index (χ3v) is 2.66. The molecule has 1 unspecified atom stereocenters. The fourth-order valence-corrected chi connectivity index (χ4v) is 1.75. The van der Waals surface area contributed by atoms with Crippen molar-refractivity contribution < 1.29 is 14.7 Å². The highest BCUT2D eigenvalue weighted by Crippen LogP contribution is 2.10. The minimum Gasteiger partial charge on any atom is -0.481 e. The quantitative estimate of drug-likeness (QED) is 0.812. The van der Waals surface area contributed by atoms with E-state index in [2.05, 4.69) is 5.32 Å². The lowest BCUT2D eigenvalue weighted by atomic mass is 10.0. The highest BCUT2D eigenvalue weighted by Gasteiger charge is 2.12. The Labute approximate surface area is 111 Å². The van der Waals surface area contributed by atoms with Crippen LogP contribution in [0.3, 0.4) is 0 Å². The van der Waals surface area contributed by atoms with Crippen molar-refractivity contribution >= 4 is 17.6 Å². The Morgan fingerprint density at radius 1 is 1.37 bits per heavy atom. The number of hydrogen-bond acceptors (Lipinski definition) is 3. The summed E-state index contributed by atoms with van der Waals surface area (Å²) in [4.78, 5) is 33.6. The number of hydrogen-bond donors (Lipinski definition) is 2. The molecule has 1 atom stereocenters. The largest absolute Gasteiger partial charge is 0.481 e. The first kappa shape index (κ1) is 14.9. The van der Waals surface area contributed by atoms with Gasteiger partial charge in [0.15, 0.2) is 0 Å². The predicted molar refractivity (Wildman–Crippen MR) is 71.0 cm³/mol. The van der Waals surface area contributed by atoms with Gasteiger partial charge < -0.3 is 15.0 Å². The van der Waals surface area contributed by atoms with Crippen molar-refractivity contribution in [2.45, 2.75) is 33.2 Å². The Kier molecular flexibility index (Phi) is 5.29. The lowest BCUT2D eigenvalue weighted by Crippen LogP contribution is -2.21. The van der Waals surface area contributed by atoms with Gasteiger partial charge >= 0.3 is 5.97 Å². The number of carbonyl (C=O) groups is 2. The molecule has 0 fully saturated rings. The predicted octanol–water partition coefficient (Wildman–Crippen LogP) is 1.31. The van der Waals surface area contributed by atoms with Crippen molar-refractivity contribution in [2.75, 3.05) is 5.32 Å². The van der Waals surface area contributed by atoms with Crippen molar-refractivity contribution in [3.63, 3.8) is 0 Å². The smallest absolute Gasteiger partial charge is 0.303 e. The molecule has 0 aliphatic heterocycles. The Hall–Kier alpha value is -2.11. The fraction of sp³-hybridized carbons (Fsp3) is 0.462. The van der Waals surface area contributed by atoms with Gasteiger partial charge in [-0.25, -0.2) is 0 Å². The zero-order valence-electron chi connectivity index (χ0n) is 11.0. The van der Waals surface area contributed by atoms with E-state index >= 15 is 0 Å². The summed E-state index contributed by atoms with van der Waals surface area (Å²) in [7, 11) is 0. The van der Waals surface area contributed by atoms with Crippen LogP contribution < -0.4 is 10.9 Å². The van der Waals surface area contributed by atoms with E-state index in [1.165, 1.54) is 16.7 Å². The maximum absolute atomic E-state index is 11.7. The summed E-state index contributed by atoms with van der Waals surface area (Å²) in [6.07, 6.45) is 1.67. The molecule has 0 saturated heterocycles. The molecule has 1 heterocycles. The summed E-state index contributed by atoms with van der Waals surface area (Å²) in [5, 5.41) is 11.3. The number of pyridine rings is 1. The van der Waals surface area contributed by atoms with Crippen molar-refractivity contribution in [1.29, 1.82) is 0 Å². The minimum absolute atomic E-state index is 0.0398. The number of carbonyl (C=O) groups excluding carboxylic acids is 1. The Morgan fingerprint density at radius 3 is 2.63 bits per heavy atom. The van der Waals surface area contributed by atoms with E-state index in [-0.39, 0.29) is 30.2 Å². The molecule has 0 aromatic carbocycles. The van der Waals surface area contributed by atoms with E-state index in [0.29, 0.717) is 12.2 Å². The highest BCUT2D eigenvalue weighted by molar-refractivity contribution is 5.90. The zero-order chi connectivity index (χ0) is 14.4. The Morgan fingerprint density at radius 2 is 2.05 bits per heavy atom. The minimum atomic E-state index is -0.917. The molecular formula is C13H18N2O4. The van der Waals surface area contributed by atoms with Crippen LogP contribution in [-0.4, -0.2) is 21.6 Å². The van der Waals surface area contributed by atoms with Crippen LogP contribution in [-0.2, 0) is 16.1 Å². The standard InChI is InChI=1S/C13H18N2O4/c1-3-15-8-10(4-5-12(15)17)14-11(16)6-9(2)7-13(18)19/h4-5,8-9H,3,6-7H2,1-2H3,(H,14,16)(H,18,19). The number of aryl methyl sites for hydroxylation is 1. The Bertz CT molecular complexity index is 522. The van der Waals surface area contributed by atoms with Crippen molar-refractivity contribution in [3.8, 4) is 0 Å². The second-order valence-electron chi connectivity index (χ2n) is 4.50. The maximum atomic E-state index is 11.7. The molecule has 104 valence electrons. The third-order valence-electron chi connectivity index (χ3n) is 2.66. The van der Waals surface area contributed by atoms with Crippen molar-refractivity contribution in [2.24, 2.45) is 5.92 Å². The second kappa shape index (κ2) is 6.72. The van der Waals surface area contributed by atoms with Crippen LogP contribution in [0.4, 0.5) is 5.69 Å². The van der Waals surface area contributed by atoms with Gasteiger partial charge in [-0.1, -0.05) is 6.92 Å². The third kappa shape index (κ3) is 4.95. The molecular weight excluding hydrogens is 248 g/mol. The molecule has 1 amide bonds. The summed E-state index contributed by atoms with van der Waals surface area (Å²) < 4.78 is 1.48. The lowest BCUT2D eigenvalue weighted by molar-refractivity contribution is -0.138. The Balaban J connectivity index is 2.62. The molecule has 2 N–H and O–H groups in total. The molecule has 1 aromatic heterocycles. The molecule has 6 nitrogen and oxygen atoms in total. The van der Waals surface area contributed by atoms with Crippen LogP contribution in [0.2, 0.25) is 0 Å². The second-order valence-corrected chi connectivity index (χ2v) is 4.50. The number of carboxylic acids is 1. The van der Waals surface area contributed by atoms with E-state index in [0.717, 1.165) is 0 Å². The number of anilines is 1. The monoisotopic (exact) mass is 266 g/mol. The first-order valence-corrected chi connectivity index (χ1v) is 6.14. The fourth-order valence-electron chi connectivity index (χ4n) is 1.75. The molecule has 1 rings (SSSR count). The van der Waals surface area contributed by atoms with Gasteiger partial charge in [-0.15, -0.1) is 0 Å². The lowest BCUT2D eigenvalue weighted by Gasteiger charge is -2.10. The van der Waals surface area contributed by atoms with E-state index in [4.69, 9.17) is 5.11 Å². The van der Waals surface area contributed by atoms with E-state index < -0.39 is 5.97 Å². The number of aliphatic carboxylic acids is 1. The highest BCUT2D eigenvalue weighted by atomic mass is 16.4. The summed E-state index contributed by atoms with van der Waals surface area (Å²) >= 11 is 0. The van der Waals surface area contributed by atoms with Gasteiger partial charge in [-0.2, -0.15) is 0 Å². The zero-order valence-corrected chi connectivity index (χ0v) is 11.0. The SMILES string of the molecule is CCn1cc(NC(=O)CC(C)CC(=O)O)ccc1=O. The molecule has 0 spiro atoms. The molecule has 0 bridgehead atoms. The van der Waals surface area contributed by atoms with Gasteiger partial charge in [0.1, 0.15) is 0 Å². The van der Waals surface area contributed by atoms with Crippen LogP contribution in [0.1, 0.15) is 26.7 Å². The number of nitrogens with zero attached hydrogens (tertiary/aromatic N) is 1. The van der Waals surface area contributed by atoms with Crippen LogP contribution in [0.25, 0.3) is 0 Å². The summed E-state index contributed by atoms with van der Waals surface area (Å²) in [5.41, 5.74) is 0.411. The van der Waals surface area contributed by atoms with Gasteiger partial charge in [0.25, 0.3) is 5.56 Å². The van der Waals surface area contributed by atoms with Gasteiger partial charge in [0.05, 0.1) is 5.69 Å². The molecule has 0 saturated carbocycles. The van der Waals surface area contributed by atoms with Crippen molar-refractivity contribution in [3.05, 3.63) is 28.7 Å². The average molecular weight is 266 g/mol. The first-order chi connectivity index (χ1) is 8.92. The van der Waals surface area contributed by atoms with E-state index in [1.807, 2.05) is 6.92 Å². The topological polar surface area (TPSA) is 88.4 Å². The first-order valence-electron chi connectivity index (χ1n) is 6.14. The molecule has 0 aliphatic rings. The van der Waals surface area contributed by atoms with Crippen molar-refractivity contribution in [1.82, 2.24) is 4.57 Å². The number of nitrogens with one attached hydrogen (secondary N) is 1. The summed E-state index contributed by atoms with van der Waals surface area (Å²) in [5.74, 6) is -1.40. The number of amides is 1. The molecule has 19 heavy (non-hydrogen) atoms. The van der Waals surface area contributed by atoms with Crippen LogP contribution in [0.5, 0.6) is 0 Å². The van der Waals surface area contributed by atoms with Gasteiger partial charge in [0, 0.05) is 31.6 Å². The van der Waals surface area contributed by atoms with Gasteiger partial charge in [0.2, 0.25) is 5.91 Å². The summed E-state index contributed by atoms with van der Waals surface area (Å²) in [6, 6.07) is 2.92. The number of aromatic nitrogens is 1. The van der Waals surface area contributed by atoms with Gasteiger partial charge in [-0.3, -0.25) is 14.4 Å².